The summed E-state index contributed by atoms with van der Waals surface area (Å²) in [6.45, 7) is 1.11. The number of hydrogen-bond donors (Lipinski definition) is 3. The molecule has 0 aliphatic carbocycles. The quantitative estimate of drug-likeness (QED) is 0.464. The Morgan fingerprint density at radius 1 is 1.44 bits per heavy atom. The second-order valence-corrected chi connectivity index (χ2v) is 4.76. The first-order chi connectivity index (χ1) is 7.19. The number of carbonyl (C=O) groups excluding carboxylic acids is 1. The highest BCUT2D eigenvalue weighted by Crippen LogP contribution is 1.97. The van der Waals surface area contributed by atoms with Gasteiger partial charge in [0.2, 0.25) is 10.0 Å². The zero-order chi connectivity index (χ0) is 12.9. The van der Waals surface area contributed by atoms with Crippen molar-refractivity contribution < 1.29 is 33.0 Å². The first-order valence-corrected chi connectivity index (χ1v) is 5.82. The SMILES string of the molecule is COC(=O)CS(=O)(=O)N[C@H](C(=O)O)[C@@H](C)O. The molecule has 0 aromatic carbocycles. The van der Waals surface area contributed by atoms with Gasteiger partial charge in [0.25, 0.3) is 0 Å². The van der Waals surface area contributed by atoms with Crippen molar-refractivity contribution in [3.8, 4) is 0 Å². The van der Waals surface area contributed by atoms with Gasteiger partial charge in [0.05, 0.1) is 13.2 Å². The highest BCUT2D eigenvalue weighted by molar-refractivity contribution is 7.90. The minimum atomic E-state index is -4.15. The molecule has 3 N–H and O–H groups in total. The maximum atomic E-state index is 11.2. The predicted octanol–water partition coefficient (Wildman–Crippen LogP) is -2.09. The normalized spacial score (nSPS) is 15.2. The molecule has 0 spiro atoms. The largest absolute Gasteiger partial charge is 0.480 e. The molecular formula is C7H13NO7S. The average molecular weight is 255 g/mol. The highest BCUT2D eigenvalue weighted by Gasteiger charge is 2.29. The number of carbonyl (C=O) groups is 2. The molecule has 0 bridgehead atoms. The molecule has 0 radical (unpaired) electrons. The molecule has 0 rings (SSSR count). The van der Waals surface area contributed by atoms with Crippen LogP contribution in [0.1, 0.15) is 6.92 Å². The lowest BCUT2D eigenvalue weighted by atomic mass is 10.2. The van der Waals surface area contributed by atoms with Gasteiger partial charge >= 0.3 is 11.9 Å². The number of methoxy groups -OCH3 is 1. The number of sulfonamides is 1. The zero-order valence-electron chi connectivity index (χ0n) is 8.71. The summed E-state index contributed by atoms with van der Waals surface area (Å²) < 4.78 is 28.3. The number of aliphatic hydroxyl groups excluding tert-OH is 1. The molecule has 16 heavy (non-hydrogen) atoms. The van der Waals surface area contributed by atoms with Crippen LogP contribution >= 0.6 is 0 Å². The van der Waals surface area contributed by atoms with Crippen molar-refractivity contribution in [1.82, 2.24) is 4.72 Å². The van der Waals surface area contributed by atoms with E-state index in [2.05, 4.69) is 4.74 Å². The number of rotatable bonds is 6. The molecule has 8 nitrogen and oxygen atoms in total. The molecule has 9 heteroatoms. The minimum Gasteiger partial charge on any atom is -0.480 e. The second-order valence-electron chi connectivity index (χ2n) is 3.01. The summed E-state index contributed by atoms with van der Waals surface area (Å²) in [6, 6.07) is -1.70. The van der Waals surface area contributed by atoms with Crippen molar-refractivity contribution in [2.75, 3.05) is 12.9 Å². The summed E-state index contributed by atoms with van der Waals surface area (Å²) in [7, 11) is -3.15. The molecular weight excluding hydrogens is 242 g/mol. The molecule has 2 atom stereocenters. The molecule has 0 fully saturated rings. The van der Waals surface area contributed by atoms with Crippen LogP contribution in [0.3, 0.4) is 0 Å². The molecule has 94 valence electrons. The van der Waals surface area contributed by atoms with Crippen LogP contribution in [0.2, 0.25) is 0 Å². The summed E-state index contributed by atoms with van der Waals surface area (Å²) in [5.74, 6) is -3.56. The van der Waals surface area contributed by atoms with Crippen LogP contribution in [0, 0.1) is 0 Å². The molecule has 0 saturated heterocycles. The zero-order valence-corrected chi connectivity index (χ0v) is 9.52. The number of carboxylic acid groups (broad SMARTS) is 1. The molecule has 0 unspecified atom stereocenters. The van der Waals surface area contributed by atoms with E-state index < -0.39 is 39.9 Å². The summed E-state index contributed by atoms with van der Waals surface area (Å²) in [5.41, 5.74) is 0. The third-order valence-electron chi connectivity index (χ3n) is 1.59. The van der Waals surface area contributed by atoms with Crippen molar-refractivity contribution in [2.45, 2.75) is 19.1 Å². The predicted molar refractivity (Wildman–Crippen MR) is 52.0 cm³/mol. The van der Waals surface area contributed by atoms with Gasteiger partial charge in [0.1, 0.15) is 6.04 Å². The van der Waals surface area contributed by atoms with Crippen molar-refractivity contribution in [3.05, 3.63) is 0 Å². The molecule has 0 heterocycles. The summed E-state index contributed by atoms with van der Waals surface area (Å²) >= 11 is 0. The molecule has 0 aliphatic rings. The van der Waals surface area contributed by atoms with Gasteiger partial charge in [-0.25, -0.2) is 8.42 Å². The van der Waals surface area contributed by atoms with Gasteiger partial charge < -0.3 is 14.9 Å². The van der Waals surface area contributed by atoms with E-state index in [0.717, 1.165) is 14.0 Å². The number of hydrogen-bond acceptors (Lipinski definition) is 6. The van der Waals surface area contributed by atoms with Gasteiger partial charge in [0, 0.05) is 0 Å². The number of nitrogens with one attached hydrogen (secondary N) is 1. The number of ether oxygens (including phenoxy) is 1. The van der Waals surface area contributed by atoms with Crippen LogP contribution in [-0.2, 0) is 24.3 Å². The fourth-order valence-corrected chi connectivity index (χ4v) is 2.00. The fraction of sp³-hybridized carbons (Fsp3) is 0.714. The number of aliphatic carboxylic acids is 1. The molecule has 0 aromatic heterocycles. The Balaban J connectivity index is 4.68. The van der Waals surface area contributed by atoms with Crippen molar-refractivity contribution >= 4 is 22.0 Å². The number of carboxylic acids is 1. The topological polar surface area (TPSA) is 130 Å². The summed E-state index contributed by atoms with van der Waals surface area (Å²) in [6.07, 6.45) is -1.43. The van der Waals surface area contributed by atoms with Gasteiger partial charge in [-0.15, -0.1) is 0 Å². The van der Waals surface area contributed by atoms with Gasteiger partial charge in [-0.2, -0.15) is 4.72 Å². The van der Waals surface area contributed by atoms with Crippen LogP contribution in [0.15, 0.2) is 0 Å². The Bertz CT molecular complexity index is 361. The van der Waals surface area contributed by atoms with Crippen LogP contribution in [-0.4, -0.2) is 55.6 Å². The lowest BCUT2D eigenvalue weighted by Crippen LogP contribution is -2.49. The highest BCUT2D eigenvalue weighted by atomic mass is 32.2. The van der Waals surface area contributed by atoms with Crippen molar-refractivity contribution in [1.29, 1.82) is 0 Å². The van der Waals surface area contributed by atoms with E-state index in [1.807, 2.05) is 0 Å². The van der Waals surface area contributed by atoms with Gasteiger partial charge in [-0.05, 0) is 6.92 Å². The van der Waals surface area contributed by atoms with E-state index in [0.29, 0.717) is 0 Å². The molecule has 0 saturated carbocycles. The number of esters is 1. The average Bonchev–Trinajstić information content (AvgIpc) is 2.12. The fourth-order valence-electron chi connectivity index (χ4n) is 0.804. The Morgan fingerprint density at radius 3 is 2.25 bits per heavy atom. The van der Waals surface area contributed by atoms with Crippen LogP contribution in [0.25, 0.3) is 0 Å². The minimum absolute atomic E-state index is 1.00. The van der Waals surface area contributed by atoms with E-state index in [9.17, 15) is 18.0 Å². The monoisotopic (exact) mass is 255 g/mol. The standard InChI is InChI=1S/C7H13NO7S/c1-4(9)6(7(11)12)8-16(13,14)3-5(10)15-2/h4,6,8-9H,3H2,1-2H3,(H,11,12)/t4-,6+/m1/s1. The molecule has 0 aliphatic heterocycles. The van der Waals surface area contributed by atoms with E-state index in [1.54, 1.807) is 4.72 Å². The van der Waals surface area contributed by atoms with E-state index >= 15 is 0 Å². The lowest BCUT2D eigenvalue weighted by molar-refractivity contribution is -0.142. The lowest BCUT2D eigenvalue weighted by Gasteiger charge is -2.16. The maximum Gasteiger partial charge on any atom is 0.324 e. The van der Waals surface area contributed by atoms with Crippen molar-refractivity contribution in [3.63, 3.8) is 0 Å². The van der Waals surface area contributed by atoms with Gasteiger partial charge in [-0.1, -0.05) is 0 Å². The molecule has 0 amide bonds. The third-order valence-corrected chi connectivity index (χ3v) is 2.82. The van der Waals surface area contributed by atoms with Gasteiger partial charge in [-0.3, -0.25) is 9.59 Å². The van der Waals surface area contributed by atoms with E-state index in [4.69, 9.17) is 10.2 Å². The van der Waals surface area contributed by atoms with E-state index in [-0.39, 0.29) is 0 Å². The van der Waals surface area contributed by atoms with Crippen LogP contribution < -0.4 is 4.72 Å². The Hall–Kier alpha value is -1.19. The Morgan fingerprint density at radius 2 is 1.94 bits per heavy atom. The number of aliphatic hydroxyl groups is 1. The van der Waals surface area contributed by atoms with Gasteiger partial charge in [0.15, 0.2) is 5.75 Å². The summed E-state index contributed by atoms with van der Waals surface area (Å²) in [4.78, 5) is 21.3. The second kappa shape index (κ2) is 5.77. The first-order valence-electron chi connectivity index (χ1n) is 4.17. The van der Waals surface area contributed by atoms with Crippen LogP contribution in [0.4, 0.5) is 0 Å². The Kier molecular flexibility index (Phi) is 5.35. The van der Waals surface area contributed by atoms with Crippen LogP contribution in [0.5, 0.6) is 0 Å². The third kappa shape index (κ3) is 5.05. The van der Waals surface area contributed by atoms with E-state index in [1.165, 1.54) is 0 Å². The summed E-state index contributed by atoms with van der Waals surface area (Å²) in [5, 5.41) is 17.6. The van der Waals surface area contributed by atoms with Crippen molar-refractivity contribution in [2.24, 2.45) is 0 Å². The smallest absolute Gasteiger partial charge is 0.324 e. The maximum absolute atomic E-state index is 11.2. The Labute approximate surface area is 92.3 Å². The molecule has 0 aromatic rings. The first kappa shape index (κ1) is 14.8.